The quantitative estimate of drug-likeness (QED) is 0.681. The van der Waals surface area contributed by atoms with Crippen molar-refractivity contribution in [3.8, 4) is 0 Å². The highest BCUT2D eigenvalue weighted by molar-refractivity contribution is 8.13. The first-order valence-electron chi connectivity index (χ1n) is 7.35. The number of hydrogen-bond donors (Lipinski definition) is 0. The first-order valence-corrected chi connectivity index (χ1v) is 9.99. The maximum atomic E-state index is 5.72. The highest BCUT2D eigenvalue weighted by atomic mass is 32.5. The van der Waals surface area contributed by atoms with E-state index in [1.807, 2.05) is 56.3 Å². The van der Waals surface area contributed by atoms with Crippen LogP contribution in [-0.4, -0.2) is 13.2 Å². The fourth-order valence-corrected chi connectivity index (χ4v) is 4.74. The third kappa shape index (κ3) is 3.93. The van der Waals surface area contributed by atoms with Crippen LogP contribution in [0.15, 0.2) is 61.2 Å². The van der Waals surface area contributed by atoms with Gasteiger partial charge < -0.3 is 9.05 Å². The summed E-state index contributed by atoms with van der Waals surface area (Å²) in [6, 6.07) is 18.2. The molecule has 0 bridgehead atoms. The van der Waals surface area contributed by atoms with Crippen molar-refractivity contribution in [2.75, 3.05) is 13.2 Å². The van der Waals surface area contributed by atoms with Crippen molar-refractivity contribution < 1.29 is 9.05 Å². The summed E-state index contributed by atoms with van der Waals surface area (Å²) in [5.74, 6) is 0. The smallest absolute Gasteiger partial charge is 0.219 e. The molecule has 116 valence electrons. The molecule has 0 aliphatic heterocycles. The first kappa shape index (κ1) is 17.1. The van der Waals surface area contributed by atoms with Crippen LogP contribution in [0, 0.1) is 0 Å². The van der Waals surface area contributed by atoms with Crippen molar-refractivity contribution in [2.24, 2.45) is 0 Å². The van der Waals surface area contributed by atoms with Gasteiger partial charge in [-0.15, -0.1) is 0 Å². The van der Waals surface area contributed by atoms with Crippen molar-refractivity contribution >= 4 is 29.2 Å². The van der Waals surface area contributed by atoms with E-state index in [9.17, 15) is 0 Å². The van der Waals surface area contributed by atoms with Crippen LogP contribution in [0.1, 0.15) is 25.0 Å². The van der Waals surface area contributed by atoms with Gasteiger partial charge >= 0.3 is 0 Å². The van der Waals surface area contributed by atoms with E-state index in [4.69, 9.17) is 20.9 Å². The van der Waals surface area contributed by atoms with Crippen LogP contribution >= 0.6 is 6.49 Å². The molecule has 0 aliphatic carbocycles. The van der Waals surface area contributed by atoms with Gasteiger partial charge in [-0.2, -0.15) is 0 Å². The van der Waals surface area contributed by atoms with Crippen LogP contribution in [0.2, 0.25) is 0 Å². The van der Waals surface area contributed by atoms with E-state index in [2.05, 4.69) is 18.7 Å². The normalized spacial score (nSPS) is 11.4. The molecule has 2 nitrogen and oxygen atoms in total. The molecule has 0 atom stereocenters. The van der Waals surface area contributed by atoms with Crippen molar-refractivity contribution in [3.05, 3.63) is 72.3 Å². The van der Waals surface area contributed by atoms with E-state index in [1.54, 1.807) is 0 Å². The second kappa shape index (κ2) is 7.85. The van der Waals surface area contributed by atoms with Gasteiger partial charge in [0.05, 0.1) is 13.2 Å². The topological polar surface area (TPSA) is 18.5 Å². The lowest BCUT2D eigenvalue weighted by Crippen LogP contribution is -2.10. The Bertz CT molecular complexity index is 655. The Morgan fingerprint density at radius 1 is 0.909 bits per heavy atom. The SMILES string of the molecule is C=C(c1ccccc1)c1ccc(P(=S)(OCC)OCC)cc1. The standard InChI is InChI=1S/C18H21O2PS/c1-4-19-21(22,20-5-2)18-13-11-17(12-14-18)15(3)16-9-7-6-8-10-16/h6-14H,3-5H2,1-2H3. The number of rotatable bonds is 7. The summed E-state index contributed by atoms with van der Waals surface area (Å²) in [5, 5.41) is 0.941. The van der Waals surface area contributed by atoms with Gasteiger partial charge in [-0.1, -0.05) is 49.0 Å². The molecule has 2 aromatic carbocycles. The van der Waals surface area contributed by atoms with Gasteiger partial charge in [-0.3, -0.25) is 0 Å². The first-order chi connectivity index (χ1) is 10.6. The van der Waals surface area contributed by atoms with Gasteiger partial charge in [0.1, 0.15) is 0 Å². The fourth-order valence-electron chi connectivity index (χ4n) is 2.18. The van der Waals surface area contributed by atoms with Gasteiger partial charge in [-0.05, 0) is 54.5 Å². The molecule has 22 heavy (non-hydrogen) atoms. The van der Waals surface area contributed by atoms with E-state index < -0.39 is 6.49 Å². The van der Waals surface area contributed by atoms with Crippen LogP contribution in [0.5, 0.6) is 0 Å². The Morgan fingerprint density at radius 3 is 1.91 bits per heavy atom. The second-order valence-electron chi connectivity index (χ2n) is 4.72. The van der Waals surface area contributed by atoms with Crippen LogP contribution in [0.3, 0.4) is 0 Å². The Hall–Kier alpha value is -1.25. The van der Waals surface area contributed by atoms with Gasteiger partial charge in [0.25, 0.3) is 0 Å². The Labute approximate surface area is 138 Å². The molecule has 2 rings (SSSR count). The molecule has 0 saturated carbocycles. The largest absolute Gasteiger partial charge is 0.326 e. The number of benzene rings is 2. The molecule has 0 unspecified atom stereocenters. The lowest BCUT2D eigenvalue weighted by molar-refractivity contribution is 0.275. The summed E-state index contributed by atoms with van der Waals surface area (Å²) < 4.78 is 11.4. The highest BCUT2D eigenvalue weighted by Crippen LogP contribution is 2.47. The Morgan fingerprint density at radius 2 is 1.41 bits per heavy atom. The Balaban J connectivity index is 2.26. The van der Waals surface area contributed by atoms with Crippen molar-refractivity contribution in [3.63, 3.8) is 0 Å². The molecule has 2 aromatic rings. The van der Waals surface area contributed by atoms with Crippen LogP contribution in [0.25, 0.3) is 5.57 Å². The molecular formula is C18H21O2PS. The van der Waals surface area contributed by atoms with Crippen molar-refractivity contribution in [1.82, 2.24) is 0 Å². The summed E-state index contributed by atoms with van der Waals surface area (Å²) in [6.45, 7) is 6.77. The maximum Gasteiger partial charge on any atom is 0.219 e. The third-order valence-electron chi connectivity index (χ3n) is 3.25. The minimum Gasteiger partial charge on any atom is -0.326 e. The van der Waals surface area contributed by atoms with Gasteiger partial charge in [-0.25, -0.2) is 0 Å². The average molecular weight is 332 g/mol. The molecule has 0 spiro atoms. The van der Waals surface area contributed by atoms with Crippen molar-refractivity contribution in [2.45, 2.75) is 13.8 Å². The molecular weight excluding hydrogens is 311 g/mol. The molecule has 4 heteroatoms. The maximum absolute atomic E-state index is 5.72. The fraction of sp³-hybridized carbons (Fsp3) is 0.222. The predicted octanol–water partition coefficient (Wildman–Crippen LogP) is 4.76. The Kier molecular flexibility index (Phi) is 6.10. The summed E-state index contributed by atoms with van der Waals surface area (Å²) in [6.07, 6.45) is 0. The van der Waals surface area contributed by atoms with Crippen molar-refractivity contribution in [1.29, 1.82) is 0 Å². The van der Waals surface area contributed by atoms with Gasteiger partial charge in [0.2, 0.25) is 6.49 Å². The summed E-state index contributed by atoms with van der Waals surface area (Å²) in [4.78, 5) is 0. The predicted molar refractivity (Wildman–Crippen MR) is 98.2 cm³/mol. The summed E-state index contributed by atoms with van der Waals surface area (Å²) in [5.41, 5.74) is 3.18. The minimum atomic E-state index is -2.39. The molecule has 0 amide bonds. The van der Waals surface area contributed by atoms with E-state index >= 15 is 0 Å². The molecule has 0 fully saturated rings. The third-order valence-corrected chi connectivity index (χ3v) is 6.64. The van der Waals surface area contributed by atoms with E-state index in [-0.39, 0.29) is 0 Å². The molecule has 0 N–H and O–H groups in total. The summed E-state index contributed by atoms with van der Waals surface area (Å²) >= 11 is 5.61. The second-order valence-corrected chi connectivity index (χ2v) is 8.19. The molecule has 0 aromatic heterocycles. The molecule has 0 saturated heterocycles. The minimum absolute atomic E-state index is 0.551. The lowest BCUT2D eigenvalue weighted by atomic mass is 10.00. The number of hydrogen-bond acceptors (Lipinski definition) is 3. The van der Waals surface area contributed by atoms with E-state index in [0.717, 1.165) is 22.0 Å². The van der Waals surface area contributed by atoms with Crippen LogP contribution < -0.4 is 5.30 Å². The van der Waals surface area contributed by atoms with Gasteiger partial charge in [0, 0.05) is 5.30 Å². The van der Waals surface area contributed by atoms with Gasteiger partial charge in [0.15, 0.2) is 0 Å². The average Bonchev–Trinajstić information content (AvgIpc) is 2.55. The van der Waals surface area contributed by atoms with Crippen LogP contribution in [0.4, 0.5) is 0 Å². The monoisotopic (exact) mass is 332 g/mol. The molecule has 0 aliphatic rings. The zero-order valence-corrected chi connectivity index (χ0v) is 14.7. The molecule has 0 radical (unpaired) electrons. The zero-order chi connectivity index (χ0) is 16.0. The lowest BCUT2D eigenvalue weighted by Gasteiger charge is -2.21. The van der Waals surface area contributed by atoms with Crippen LogP contribution in [-0.2, 0) is 20.9 Å². The van der Waals surface area contributed by atoms with E-state index in [1.165, 1.54) is 0 Å². The summed E-state index contributed by atoms with van der Waals surface area (Å²) in [7, 11) is 0. The van der Waals surface area contributed by atoms with E-state index in [0.29, 0.717) is 13.2 Å². The highest BCUT2D eigenvalue weighted by Gasteiger charge is 2.20. The molecule has 0 heterocycles. The zero-order valence-electron chi connectivity index (χ0n) is 13.0.